The van der Waals surface area contributed by atoms with Crippen LogP contribution < -0.4 is 11.3 Å². The molecule has 1 aromatic carbocycles. The van der Waals surface area contributed by atoms with E-state index in [-0.39, 0.29) is 12.0 Å². The Morgan fingerprint density at radius 2 is 2.00 bits per heavy atom. The van der Waals surface area contributed by atoms with Crippen LogP contribution in [0.1, 0.15) is 41.6 Å². The maximum atomic E-state index is 13.5. The Morgan fingerprint density at radius 3 is 2.71 bits per heavy atom. The molecule has 3 nitrogen and oxygen atoms in total. The van der Waals surface area contributed by atoms with Gasteiger partial charge in [-0.1, -0.05) is 6.07 Å². The first kappa shape index (κ1) is 14.1. The summed E-state index contributed by atoms with van der Waals surface area (Å²) in [6, 6.07) is 7.12. The van der Waals surface area contributed by atoms with Crippen LogP contribution in [0.25, 0.3) is 0 Å². The average Bonchev–Trinajstić information content (AvgIpc) is 2.47. The first-order chi connectivity index (χ1) is 10.2. The van der Waals surface area contributed by atoms with E-state index in [0.717, 1.165) is 31.0 Å². The summed E-state index contributed by atoms with van der Waals surface area (Å²) < 4.78 is 26.9. The summed E-state index contributed by atoms with van der Waals surface area (Å²) in [6.07, 6.45) is 4.63. The number of halogens is 2. The van der Waals surface area contributed by atoms with Gasteiger partial charge in [-0.25, -0.2) is 8.78 Å². The van der Waals surface area contributed by atoms with Crippen LogP contribution in [0.2, 0.25) is 0 Å². The minimum atomic E-state index is -0.595. The summed E-state index contributed by atoms with van der Waals surface area (Å²) in [6.45, 7) is 0. The average molecular weight is 289 g/mol. The van der Waals surface area contributed by atoms with Crippen LogP contribution in [0.3, 0.4) is 0 Å². The maximum absolute atomic E-state index is 13.5. The van der Waals surface area contributed by atoms with Gasteiger partial charge in [-0.15, -0.1) is 0 Å². The lowest BCUT2D eigenvalue weighted by molar-refractivity contribution is 0.397. The van der Waals surface area contributed by atoms with E-state index < -0.39 is 11.6 Å². The van der Waals surface area contributed by atoms with E-state index in [2.05, 4.69) is 10.4 Å². The number of nitrogens with two attached hydrogens (primary N) is 1. The van der Waals surface area contributed by atoms with Gasteiger partial charge in [-0.3, -0.25) is 16.3 Å². The third kappa shape index (κ3) is 2.80. The van der Waals surface area contributed by atoms with Crippen molar-refractivity contribution in [2.24, 2.45) is 5.84 Å². The van der Waals surface area contributed by atoms with Gasteiger partial charge in [-0.05, 0) is 48.6 Å². The lowest BCUT2D eigenvalue weighted by Gasteiger charge is -2.31. The van der Waals surface area contributed by atoms with Gasteiger partial charge < -0.3 is 0 Å². The van der Waals surface area contributed by atoms with Crippen LogP contribution in [0.4, 0.5) is 8.78 Å². The number of benzene rings is 1. The highest BCUT2D eigenvalue weighted by Crippen LogP contribution is 2.39. The van der Waals surface area contributed by atoms with Crippen LogP contribution in [0.5, 0.6) is 0 Å². The predicted molar refractivity (Wildman–Crippen MR) is 76.3 cm³/mol. The molecule has 110 valence electrons. The maximum Gasteiger partial charge on any atom is 0.126 e. The monoisotopic (exact) mass is 289 g/mol. The zero-order chi connectivity index (χ0) is 14.8. The molecule has 21 heavy (non-hydrogen) atoms. The number of hydrogen-bond acceptors (Lipinski definition) is 3. The van der Waals surface area contributed by atoms with E-state index in [1.165, 1.54) is 17.7 Å². The van der Waals surface area contributed by atoms with E-state index in [4.69, 9.17) is 5.84 Å². The number of fused-ring (bicyclic) bond motifs is 1. The second-order valence-electron chi connectivity index (χ2n) is 5.39. The van der Waals surface area contributed by atoms with E-state index >= 15 is 0 Å². The highest BCUT2D eigenvalue weighted by molar-refractivity contribution is 5.31. The van der Waals surface area contributed by atoms with E-state index in [1.807, 2.05) is 12.1 Å². The summed E-state index contributed by atoms with van der Waals surface area (Å²) in [7, 11) is 0. The number of aryl methyl sites for hydroxylation is 1. The van der Waals surface area contributed by atoms with E-state index in [9.17, 15) is 8.78 Å². The molecule has 3 rings (SSSR count). The fourth-order valence-corrected chi connectivity index (χ4v) is 3.17. The normalized spacial score (nSPS) is 19.1. The van der Waals surface area contributed by atoms with Crippen LogP contribution >= 0.6 is 0 Å². The van der Waals surface area contributed by atoms with Gasteiger partial charge in [0.15, 0.2) is 0 Å². The molecule has 0 amide bonds. The minimum absolute atomic E-state index is 0.0150. The second-order valence-corrected chi connectivity index (χ2v) is 5.39. The molecule has 2 unspecified atom stereocenters. The lowest BCUT2D eigenvalue weighted by atomic mass is 9.80. The Hall–Kier alpha value is -1.85. The third-order valence-corrected chi connectivity index (χ3v) is 4.06. The fraction of sp³-hybridized carbons (Fsp3) is 0.312. The van der Waals surface area contributed by atoms with Gasteiger partial charge in [0.25, 0.3) is 0 Å². The largest absolute Gasteiger partial charge is 0.271 e. The fourth-order valence-electron chi connectivity index (χ4n) is 3.17. The molecule has 0 saturated heterocycles. The first-order valence-electron chi connectivity index (χ1n) is 7.05. The van der Waals surface area contributed by atoms with Gasteiger partial charge in [0.2, 0.25) is 0 Å². The molecule has 0 bridgehead atoms. The summed E-state index contributed by atoms with van der Waals surface area (Å²) >= 11 is 0. The number of pyridine rings is 1. The second kappa shape index (κ2) is 5.87. The van der Waals surface area contributed by atoms with Crippen molar-refractivity contribution in [3.63, 3.8) is 0 Å². The number of nitrogens with one attached hydrogen (secondary N) is 1. The predicted octanol–water partition coefficient (Wildman–Crippen LogP) is 2.98. The van der Waals surface area contributed by atoms with Crippen molar-refractivity contribution < 1.29 is 8.78 Å². The Balaban J connectivity index is 2.01. The number of aromatic nitrogens is 1. The third-order valence-electron chi connectivity index (χ3n) is 4.06. The van der Waals surface area contributed by atoms with Crippen molar-refractivity contribution in [3.05, 3.63) is 65.0 Å². The van der Waals surface area contributed by atoms with Crippen LogP contribution in [0.15, 0.2) is 36.5 Å². The quantitative estimate of drug-likeness (QED) is 0.674. The van der Waals surface area contributed by atoms with Gasteiger partial charge in [0, 0.05) is 23.9 Å². The summed E-state index contributed by atoms with van der Waals surface area (Å²) in [5.41, 5.74) is 5.38. The van der Waals surface area contributed by atoms with Crippen molar-refractivity contribution in [2.75, 3.05) is 0 Å². The summed E-state index contributed by atoms with van der Waals surface area (Å²) in [5.74, 6) is 4.50. The van der Waals surface area contributed by atoms with Crippen LogP contribution in [0, 0.1) is 11.6 Å². The summed E-state index contributed by atoms with van der Waals surface area (Å²) in [4.78, 5) is 4.46. The van der Waals surface area contributed by atoms with E-state index in [0.29, 0.717) is 5.56 Å². The molecule has 0 spiro atoms. The smallest absolute Gasteiger partial charge is 0.126 e. The SMILES string of the molecule is NNC(c1cc(F)cc(F)c1)C1CCCc2cccnc21. The minimum Gasteiger partial charge on any atom is -0.271 e. The van der Waals surface area contributed by atoms with Crippen LogP contribution in [-0.4, -0.2) is 4.98 Å². The van der Waals surface area contributed by atoms with Crippen molar-refractivity contribution >= 4 is 0 Å². The first-order valence-corrected chi connectivity index (χ1v) is 7.05. The molecule has 0 saturated carbocycles. The van der Waals surface area contributed by atoms with Crippen molar-refractivity contribution in [1.82, 2.24) is 10.4 Å². The van der Waals surface area contributed by atoms with Crippen LogP contribution in [-0.2, 0) is 6.42 Å². The lowest BCUT2D eigenvalue weighted by Crippen LogP contribution is -2.34. The molecule has 3 N–H and O–H groups in total. The summed E-state index contributed by atoms with van der Waals surface area (Å²) in [5, 5.41) is 0. The van der Waals surface area contributed by atoms with Gasteiger partial charge in [-0.2, -0.15) is 0 Å². The molecule has 2 atom stereocenters. The molecule has 0 radical (unpaired) electrons. The Labute approximate surface area is 122 Å². The molecular weight excluding hydrogens is 272 g/mol. The van der Waals surface area contributed by atoms with Gasteiger partial charge in [0.05, 0.1) is 6.04 Å². The zero-order valence-corrected chi connectivity index (χ0v) is 11.5. The van der Waals surface area contributed by atoms with Crippen molar-refractivity contribution in [1.29, 1.82) is 0 Å². The van der Waals surface area contributed by atoms with E-state index in [1.54, 1.807) is 6.20 Å². The highest BCUT2D eigenvalue weighted by Gasteiger charge is 2.30. The van der Waals surface area contributed by atoms with Gasteiger partial charge >= 0.3 is 0 Å². The number of hydrazine groups is 1. The molecule has 1 aliphatic rings. The Morgan fingerprint density at radius 1 is 1.24 bits per heavy atom. The molecule has 0 aliphatic heterocycles. The Bertz CT molecular complexity index is 625. The standard InChI is InChI=1S/C16H17F2N3/c17-12-7-11(8-13(18)9-12)16(21-19)14-5-1-3-10-4-2-6-20-15(10)14/h2,4,6-9,14,16,21H,1,3,5,19H2. The van der Waals surface area contributed by atoms with Crippen molar-refractivity contribution in [3.8, 4) is 0 Å². The highest BCUT2D eigenvalue weighted by atomic mass is 19.1. The molecule has 1 aliphatic carbocycles. The molecule has 0 fully saturated rings. The molecule has 1 aromatic heterocycles. The van der Waals surface area contributed by atoms with Crippen molar-refractivity contribution in [2.45, 2.75) is 31.2 Å². The molecule has 5 heteroatoms. The number of rotatable bonds is 3. The number of nitrogens with zero attached hydrogens (tertiary/aromatic N) is 1. The zero-order valence-electron chi connectivity index (χ0n) is 11.5. The Kier molecular flexibility index (Phi) is 3.94. The van der Waals surface area contributed by atoms with Gasteiger partial charge in [0.1, 0.15) is 11.6 Å². The molecule has 2 aromatic rings. The molecule has 1 heterocycles. The topological polar surface area (TPSA) is 50.9 Å². The molecular formula is C16H17F2N3. The number of hydrogen-bond donors (Lipinski definition) is 2.